The third-order valence-corrected chi connectivity index (χ3v) is 3.44. The Morgan fingerprint density at radius 3 is 2.61 bits per heavy atom. The number of hydrogen-bond acceptors (Lipinski definition) is 3. The minimum atomic E-state index is -0.177. The number of anilines is 1. The molecule has 120 valence electrons. The highest BCUT2D eigenvalue weighted by atomic mass is 16.2. The van der Waals surface area contributed by atoms with E-state index in [1.807, 2.05) is 6.92 Å². The molecule has 1 aromatic heterocycles. The normalized spacial score (nSPS) is 10.2. The molecule has 3 N–H and O–H groups in total. The molecule has 0 saturated heterocycles. The van der Waals surface area contributed by atoms with Gasteiger partial charge >= 0.3 is 0 Å². The lowest BCUT2D eigenvalue weighted by Gasteiger charge is -2.10. The lowest BCUT2D eigenvalue weighted by Crippen LogP contribution is -2.18. The van der Waals surface area contributed by atoms with Gasteiger partial charge in [-0.2, -0.15) is 0 Å². The molecule has 0 bridgehead atoms. The molecular formula is C17H19N3O3. The number of pyridine rings is 1. The first-order valence-corrected chi connectivity index (χ1v) is 7.30. The summed E-state index contributed by atoms with van der Waals surface area (Å²) in [6.07, 6.45) is 0.716. The van der Waals surface area contributed by atoms with Crippen molar-refractivity contribution in [2.45, 2.75) is 19.8 Å². The van der Waals surface area contributed by atoms with E-state index in [9.17, 15) is 14.4 Å². The summed E-state index contributed by atoms with van der Waals surface area (Å²) in [6.45, 7) is 1.83. The fourth-order valence-electron chi connectivity index (χ4n) is 2.19. The van der Waals surface area contributed by atoms with Gasteiger partial charge in [-0.25, -0.2) is 0 Å². The zero-order valence-corrected chi connectivity index (χ0v) is 13.1. The van der Waals surface area contributed by atoms with Crippen molar-refractivity contribution in [1.29, 1.82) is 0 Å². The highest BCUT2D eigenvalue weighted by molar-refractivity contribution is 5.96. The van der Waals surface area contributed by atoms with E-state index in [-0.39, 0.29) is 23.8 Å². The topological polar surface area (TPSA) is 91.1 Å². The molecule has 0 unspecified atom stereocenters. The molecule has 2 amide bonds. The maximum atomic E-state index is 12.0. The molecule has 2 rings (SSSR count). The van der Waals surface area contributed by atoms with Crippen LogP contribution in [0, 0.1) is 6.92 Å². The van der Waals surface area contributed by atoms with Crippen molar-refractivity contribution in [3.8, 4) is 0 Å². The van der Waals surface area contributed by atoms with Crippen molar-refractivity contribution < 1.29 is 9.59 Å². The van der Waals surface area contributed by atoms with Crippen LogP contribution in [0.1, 0.15) is 28.0 Å². The van der Waals surface area contributed by atoms with Crippen LogP contribution in [0.5, 0.6) is 0 Å². The summed E-state index contributed by atoms with van der Waals surface area (Å²) in [5, 5.41) is 5.37. The molecule has 2 aromatic rings. The molecule has 0 fully saturated rings. The van der Waals surface area contributed by atoms with Gasteiger partial charge in [-0.05, 0) is 43.2 Å². The number of amides is 2. The van der Waals surface area contributed by atoms with E-state index in [2.05, 4.69) is 15.6 Å². The predicted molar refractivity (Wildman–Crippen MR) is 88.6 cm³/mol. The molecule has 0 radical (unpaired) electrons. The number of aromatic amines is 1. The minimum absolute atomic E-state index is 0.148. The number of carbonyl (C=O) groups excluding carboxylic acids is 2. The second-order valence-electron chi connectivity index (χ2n) is 5.20. The van der Waals surface area contributed by atoms with Crippen LogP contribution >= 0.6 is 0 Å². The standard InChI is InChI=1S/C17H19N3O3/c1-11-10-12(17(23)18-2)6-8-14(11)20-16(22)9-7-13-4-3-5-15(21)19-13/h3-6,8,10H,7,9H2,1-2H3,(H,18,23)(H,19,21)(H,20,22). The Hall–Kier alpha value is -2.89. The fraction of sp³-hybridized carbons (Fsp3) is 0.235. The quantitative estimate of drug-likeness (QED) is 0.783. The van der Waals surface area contributed by atoms with Gasteiger partial charge in [0.2, 0.25) is 11.5 Å². The predicted octanol–water partition coefficient (Wildman–Crippen LogP) is 1.61. The molecule has 6 nitrogen and oxygen atoms in total. The fourth-order valence-corrected chi connectivity index (χ4v) is 2.19. The molecule has 6 heteroatoms. The number of rotatable bonds is 5. The maximum absolute atomic E-state index is 12.0. The summed E-state index contributed by atoms with van der Waals surface area (Å²) in [5.74, 6) is -0.315. The summed E-state index contributed by atoms with van der Waals surface area (Å²) in [7, 11) is 1.57. The van der Waals surface area contributed by atoms with Crippen molar-refractivity contribution in [3.05, 3.63) is 63.6 Å². The molecule has 0 spiro atoms. The zero-order chi connectivity index (χ0) is 16.8. The van der Waals surface area contributed by atoms with Crippen LogP contribution in [0.2, 0.25) is 0 Å². The van der Waals surface area contributed by atoms with Gasteiger partial charge < -0.3 is 15.6 Å². The Bertz CT molecular complexity index is 781. The van der Waals surface area contributed by atoms with Gasteiger partial charge in [0.25, 0.3) is 5.91 Å². The van der Waals surface area contributed by atoms with E-state index in [1.54, 1.807) is 37.4 Å². The Morgan fingerprint density at radius 2 is 1.96 bits per heavy atom. The monoisotopic (exact) mass is 313 g/mol. The van der Waals surface area contributed by atoms with Gasteiger partial charge in [0.05, 0.1) is 0 Å². The molecule has 1 aromatic carbocycles. The molecule has 0 aliphatic heterocycles. The Morgan fingerprint density at radius 1 is 1.17 bits per heavy atom. The van der Waals surface area contributed by atoms with E-state index in [1.165, 1.54) is 6.07 Å². The van der Waals surface area contributed by atoms with Crippen LogP contribution in [0.3, 0.4) is 0 Å². The van der Waals surface area contributed by atoms with E-state index in [4.69, 9.17) is 0 Å². The maximum Gasteiger partial charge on any atom is 0.251 e. The van der Waals surface area contributed by atoms with Crippen molar-refractivity contribution in [2.75, 3.05) is 12.4 Å². The van der Waals surface area contributed by atoms with Crippen LogP contribution in [0.25, 0.3) is 0 Å². The number of H-pyrrole nitrogens is 1. The van der Waals surface area contributed by atoms with E-state index >= 15 is 0 Å². The average molecular weight is 313 g/mol. The number of nitrogens with one attached hydrogen (secondary N) is 3. The third kappa shape index (κ3) is 4.54. The highest BCUT2D eigenvalue weighted by Crippen LogP contribution is 2.17. The van der Waals surface area contributed by atoms with Crippen molar-refractivity contribution in [1.82, 2.24) is 10.3 Å². The summed E-state index contributed by atoms with van der Waals surface area (Å²) in [6, 6.07) is 9.97. The molecule has 1 heterocycles. The number of carbonyl (C=O) groups is 2. The molecule has 0 aliphatic rings. The van der Waals surface area contributed by atoms with E-state index in [0.717, 1.165) is 11.3 Å². The molecule has 0 aliphatic carbocycles. The van der Waals surface area contributed by atoms with Gasteiger partial charge in [0.15, 0.2) is 0 Å². The first kappa shape index (κ1) is 16.5. The largest absolute Gasteiger partial charge is 0.355 e. The van der Waals surface area contributed by atoms with Crippen LogP contribution in [0.4, 0.5) is 5.69 Å². The second kappa shape index (κ2) is 7.40. The Kier molecular flexibility index (Phi) is 5.30. The molecule has 23 heavy (non-hydrogen) atoms. The SMILES string of the molecule is CNC(=O)c1ccc(NC(=O)CCc2cccc(=O)[nH]2)c(C)c1. The Balaban J connectivity index is 1.97. The second-order valence-corrected chi connectivity index (χ2v) is 5.20. The molecule has 0 saturated carbocycles. The van der Waals surface area contributed by atoms with Crippen LogP contribution < -0.4 is 16.2 Å². The number of benzene rings is 1. The van der Waals surface area contributed by atoms with Gasteiger partial charge in [-0.15, -0.1) is 0 Å². The van der Waals surface area contributed by atoms with Crippen molar-refractivity contribution in [2.24, 2.45) is 0 Å². The summed E-state index contributed by atoms with van der Waals surface area (Å²) >= 11 is 0. The number of hydrogen-bond donors (Lipinski definition) is 3. The molecule has 0 atom stereocenters. The minimum Gasteiger partial charge on any atom is -0.355 e. The van der Waals surface area contributed by atoms with Gasteiger partial charge in [0, 0.05) is 36.5 Å². The molecular weight excluding hydrogens is 294 g/mol. The lowest BCUT2D eigenvalue weighted by atomic mass is 10.1. The zero-order valence-electron chi connectivity index (χ0n) is 13.1. The first-order valence-electron chi connectivity index (χ1n) is 7.30. The van der Waals surface area contributed by atoms with Gasteiger partial charge in [0.1, 0.15) is 0 Å². The lowest BCUT2D eigenvalue weighted by molar-refractivity contribution is -0.116. The smallest absolute Gasteiger partial charge is 0.251 e. The third-order valence-electron chi connectivity index (χ3n) is 3.44. The average Bonchev–Trinajstić information content (AvgIpc) is 2.54. The van der Waals surface area contributed by atoms with Crippen LogP contribution in [0.15, 0.2) is 41.2 Å². The number of aryl methyl sites for hydroxylation is 2. The van der Waals surface area contributed by atoms with Crippen molar-refractivity contribution in [3.63, 3.8) is 0 Å². The van der Waals surface area contributed by atoms with Crippen LogP contribution in [-0.4, -0.2) is 23.8 Å². The van der Waals surface area contributed by atoms with E-state index < -0.39 is 0 Å². The van der Waals surface area contributed by atoms with E-state index in [0.29, 0.717) is 17.7 Å². The van der Waals surface area contributed by atoms with Gasteiger partial charge in [-0.3, -0.25) is 14.4 Å². The summed E-state index contributed by atoms with van der Waals surface area (Å²) < 4.78 is 0. The first-order chi connectivity index (χ1) is 11.0. The number of aromatic nitrogens is 1. The Labute approximate surface area is 133 Å². The summed E-state index contributed by atoms with van der Waals surface area (Å²) in [4.78, 5) is 37.5. The summed E-state index contributed by atoms with van der Waals surface area (Å²) in [5.41, 5.74) is 2.57. The van der Waals surface area contributed by atoms with Gasteiger partial charge in [-0.1, -0.05) is 6.07 Å². The van der Waals surface area contributed by atoms with Crippen LogP contribution in [-0.2, 0) is 11.2 Å². The highest BCUT2D eigenvalue weighted by Gasteiger charge is 2.09. The van der Waals surface area contributed by atoms with Crippen molar-refractivity contribution >= 4 is 17.5 Å².